The third-order valence-electron chi connectivity index (χ3n) is 5.09. The van der Waals surface area contributed by atoms with Crippen molar-refractivity contribution >= 4 is 11.6 Å². The SMILES string of the molecule is COc1ccc(C(=O)N2c3ccccc3CC2c2nc(C(C)C)no2)c(OC)c1. The highest BCUT2D eigenvalue weighted by atomic mass is 16.5. The first-order chi connectivity index (χ1) is 14.0. The Bertz CT molecular complexity index is 1040. The van der Waals surface area contributed by atoms with Crippen LogP contribution in [0.1, 0.15) is 53.4 Å². The number of hydrogen-bond acceptors (Lipinski definition) is 6. The quantitative estimate of drug-likeness (QED) is 0.648. The number of fused-ring (bicyclic) bond motifs is 1. The van der Waals surface area contributed by atoms with Gasteiger partial charge in [0.05, 0.1) is 19.8 Å². The normalized spacial score (nSPS) is 15.5. The summed E-state index contributed by atoms with van der Waals surface area (Å²) in [7, 11) is 3.11. The van der Waals surface area contributed by atoms with Crippen molar-refractivity contribution in [1.82, 2.24) is 10.1 Å². The molecule has 4 rings (SSSR count). The Hall–Kier alpha value is -3.35. The number of ether oxygens (including phenoxy) is 2. The minimum Gasteiger partial charge on any atom is -0.497 e. The van der Waals surface area contributed by atoms with Gasteiger partial charge in [0.2, 0.25) is 5.89 Å². The lowest BCUT2D eigenvalue weighted by atomic mass is 10.1. The molecule has 1 atom stereocenters. The second-order valence-corrected chi connectivity index (χ2v) is 7.24. The fraction of sp³-hybridized carbons (Fsp3) is 0.318. The van der Waals surface area contributed by atoms with Crippen molar-refractivity contribution in [3.05, 3.63) is 65.3 Å². The summed E-state index contributed by atoms with van der Waals surface area (Å²) in [6, 6.07) is 12.6. The number of aromatic nitrogens is 2. The second-order valence-electron chi connectivity index (χ2n) is 7.24. The van der Waals surface area contributed by atoms with Crippen LogP contribution in [0.2, 0.25) is 0 Å². The molecule has 7 nitrogen and oxygen atoms in total. The maximum Gasteiger partial charge on any atom is 0.262 e. The molecule has 1 aliphatic rings. The van der Waals surface area contributed by atoms with E-state index in [1.165, 1.54) is 7.11 Å². The van der Waals surface area contributed by atoms with Crippen LogP contribution in [0.4, 0.5) is 5.69 Å². The van der Waals surface area contributed by atoms with E-state index in [4.69, 9.17) is 14.0 Å². The number of para-hydroxylation sites is 1. The highest BCUT2D eigenvalue weighted by Gasteiger charge is 2.39. The summed E-state index contributed by atoms with van der Waals surface area (Å²) in [4.78, 5) is 19.9. The van der Waals surface area contributed by atoms with E-state index >= 15 is 0 Å². The molecule has 0 saturated carbocycles. The van der Waals surface area contributed by atoms with Gasteiger partial charge in [-0.25, -0.2) is 0 Å². The highest BCUT2D eigenvalue weighted by Crippen LogP contribution is 2.42. The van der Waals surface area contributed by atoms with Gasteiger partial charge in [-0.15, -0.1) is 0 Å². The van der Waals surface area contributed by atoms with E-state index in [9.17, 15) is 4.79 Å². The average molecular weight is 393 g/mol. The van der Waals surface area contributed by atoms with Gasteiger partial charge in [0.1, 0.15) is 17.5 Å². The van der Waals surface area contributed by atoms with Crippen LogP contribution < -0.4 is 14.4 Å². The fourth-order valence-electron chi connectivity index (χ4n) is 3.56. The smallest absolute Gasteiger partial charge is 0.262 e. The number of hydrogen-bond donors (Lipinski definition) is 0. The predicted molar refractivity (Wildman–Crippen MR) is 108 cm³/mol. The van der Waals surface area contributed by atoms with E-state index in [1.54, 1.807) is 30.2 Å². The molecule has 3 aromatic rings. The minimum absolute atomic E-state index is 0.141. The summed E-state index contributed by atoms with van der Waals surface area (Å²) in [5.74, 6) is 2.09. The van der Waals surface area contributed by atoms with Crippen LogP contribution in [0.25, 0.3) is 0 Å². The number of nitrogens with zero attached hydrogens (tertiary/aromatic N) is 3. The monoisotopic (exact) mass is 393 g/mol. The molecule has 150 valence electrons. The molecule has 2 heterocycles. The number of anilines is 1. The number of methoxy groups -OCH3 is 2. The van der Waals surface area contributed by atoms with E-state index in [2.05, 4.69) is 10.1 Å². The second kappa shape index (κ2) is 7.58. The maximum absolute atomic E-state index is 13.6. The Kier molecular flexibility index (Phi) is 4.96. The molecule has 7 heteroatoms. The first-order valence-electron chi connectivity index (χ1n) is 9.50. The number of carbonyl (C=O) groups excluding carboxylic acids is 1. The van der Waals surface area contributed by atoms with E-state index in [0.717, 1.165) is 11.3 Å². The summed E-state index contributed by atoms with van der Waals surface area (Å²) in [5.41, 5.74) is 2.34. The Balaban J connectivity index is 1.78. The molecule has 0 radical (unpaired) electrons. The van der Waals surface area contributed by atoms with Crippen LogP contribution in [0.5, 0.6) is 11.5 Å². The number of rotatable bonds is 5. The molecule has 1 aliphatic heterocycles. The summed E-state index contributed by atoms with van der Waals surface area (Å²) in [5, 5.41) is 4.08. The predicted octanol–water partition coefficient (Wildman–Crippen LogP) is 4.15. The van der Waals surface area contributed by atoms with Gasteiger partial charge >= 0.3 is 0 Å². The third-order valence-corrected chi connectivity index (χ3v) is 5.09. The van der Waals surface area contributed by atoms with Crippen LogP contribution in [0, 0.1) is 0 Å². The zero-order valence-electron chi connectivity index (χ0n) is 16.9. The van der Waals surface area contributed by atoms with Crippen molar-refractivity contribution in [2.75, 3.05) is 19.1 Å². The van der Waals surface area contributed by atoms with Crippen molar-refractivity contribution in [1.29, 1.82) is 0 Å². The minimum atomic E-state index is -0.369. The van der Waals surface area contributed by atoms with Gasteiger partial charge in [-0.2, -0.15) is 4.98 Å². The molecular formula is C22H23N3O4. The number of benzene rings is 2. The molecule has 29 heavy (non-hydrogen) atoms. The molecule has 0 spiro atoms. The summed E-state index contributed by atoms with van der Waals surface area (Å²) in [6.07, 6.45) is 0.611. The lowest BCUT2D eigenvalue weighted by molar-refractivity contribution is 0.0971. The van der Waals surface area contributed by atoms with E-state index < -0.39 is 0 Å². The van der Waals surface area contributed by atoms with Gasteiger partial charge in [-0.05, 0) is 23.8 Å². The van der Waals surface area contributed by atoms with Gasteiger partial charge in [-0.3, -0.25) is 9.69 Å². The third kappa shape index (κ3) is 3.33. The molecule has 0 N–H and O–H groups in total. The molecule has 0 fully saturated rings. The van der Waals surface area contributed by atoms with Crippen molar-refractivity contribution in [3.63, 3.8) is 0 Å². The molecule has 0 saturated heterocycles. The molecular weight excluding hydrogens is 370 g/mol. The zero-order valence-corrected chi connectivity index (χ0v) is 16.9. The van der Waals surface area contributed by atoms with E-state index in [1.807, 2.05) is 38.1 Å². The van der Waals surface area contributed by atoms with Crippen LogP contribution in [-0.2, 0) is 6.42 Å². The Morgan fingerprint density at radius 1 is 1.17 bits per heavy atom. The summed E-state index contributed by atoms with van der Waals surface area (Å²) < 4.78 is 16.2. The van der Waals surface area contributed by atoms with Gasteiger partial charge < -0.3 is 14.0 Å². The van der Waals surface area contributed by atoms with Crippen molar-refractivity contribution in [3.8, 4) is 11.5 Å². The number of amides is 1. The van der Waals surface area contributed by atoms with Gasteiger partial charge in [0.15, 0.2) is 5.82 Å². The van der Waals surface area contributed by atoms with Crippen molar-refractivity contribution in [2.24, 2.45) is 0 Å². The van der Waals surface area contributed by atoms with Gasteiger partial charge in [0.25, 0.3) is 5.91 Å². The largest absolute Gasteiger partial charge is 0.497 e. The lowest BCUT2D eigenvalue weighted by Crippen LogP contribution is -2.32. The lowest BCUT2D eigenvalue weighted by Gasteiger charge is -2.24. The van der Waals surface area contributed by atoms with Crippen LogP contribution in [-0.4, -0.2) is 30.3 Å². The van der Waals surface area contributed by atoms with E-state index in [0.29, 0.717) is 35.2 Å². The standard InChI is InChI=1S/C22H23N3O4/c1-13(2)20-23-21(29-24-20)18-11-14-7-5-6-8-17(14)25(18)22(26)16-10-9-15(27-3)12-19(16)28-4/h5-10,12-13,18H,11H2,1-4H3. The Morgan fingerprint density at radius 3 is 2.66 bits per heavy atom. The first-order valence-corrected chi connectivity index (χ1v) is 9.50. The first kappa shape index (κ1) is 19.0. The van der Waals surface area contributed by atoms with Gasteiger partial charge in [-0.1, -0.05) is 37.2 Å². The summed E-state index contributed by atoms with van der Waals surface area (Å²) in [6.45, 7) is 4.01. The Labute approximate surface area is 169 Å². The van der Waals surface area contributed by atoms with Crippen LogP contribution in [0.15, 0.2) is 47.0 Å². The molecule has 1 aromatic heterocycles. The van der Waals surface area contributed by atoms with Crippen molar-refractivity contribution in [2.45, 2.75) is 32.2 Å². The fourth-order valence-corrected chi connectivity index (χ4v) is 3.56. The molecule has 2 aromatic carbocycles. The maximum atomic E-state index is 13.6. The zero-order chi connectivity index (χ0) is 20.5. The van der Waals surface area contributed by atoms with E-state index in [-0.39, 0.29) is 17.9 Å². The highest BCUT2D eigenvalue weighted by molar-refractivity contribution is 6.09. The Morgan fingerprint density at radius 2 is 1.97 bits per heavy atom. The average Bonchev–Trinajstić information content (AvgIpc) is 3.37. The van der Waals surface area contributed by atoms with Crippen molar-refractivity contribution < 1.29 is 18.8 Å². The van der Waals surface area contributed by atoms with Gasteiger partial charge in [0, 0.05) is 24.1 Å². The van der Waals surface area contributed by atoms with Crippen LogP contribution >= 0.6 is 0 Å². The molecule has 0 aliphatic carbocycles. The molecule has 0 bridgehead atoms. The topological polar surface area (TPSA) is 77.7 Å². The number of carbonyl (C=O) groups is 1. The van der Waals surface area contributed by atoms with Crippen LogP contribution in [0.3, 0.4) is 0 Å². The molecule has 1 amide bonds. The molecule has 1 unspecified atom stereocenters. The summed E-state index contributed by atoms with van der Waals surface area (Å²) >= 11 is 0.